The number of morpholine rings is 1. The predicted octanol–water partition coefficient (Wildman–Crippen LogP) is 1.51. The van der Waals surface area contributed by atoms with Crippen molar-refractivity contribution < 1.29 is 23.8 Å². The first kappa shape index (κ1) is 15.7. The SMILES string of the molecule is CC(Oc1ccc(C(C)O)c(F)c1)C(=O)N1CCOCC1. The number of benzene rings is 1. The highest BCUT2D eigenvalue weighted by atomic mass is 19.1. The Kier molecular flexibility index (Phi) is 5.14. The van der Waals surface area contributed by atoms with Crippen LogP contribution in [-0.2, 0) is 9.53 Å². The van der Waals surface area contributed by atoms with Gasteiger partial charge in [0.1, 0.15) is 11.6 Å². The Bertz CT molecular complexity index is 500. The Morgan fingerprint density at radius 1 is 1.38 bits per heavy atom. The second kappa shape index (κ2) is 6.87. The van der Waals surface area contributed by atoms with E-state index in [0.29, 0.717) is 26.3 Å². The molecule has 0 aromatic heterocycles. The Hall–Kier alpha value is -1.66. The van der Waals surface area contributed by atoms with Gasteiger partial charge in [-0.3, -0.25) is 4.79 Å². The number of halogens is 1. The Morgan fingerprint density at radius 3 is 2.62 bits per heavy atom. The van der Waals surface area contributed by atoms with Crippen molar-refractivity contribution >= 4 is 5.91 Å². The van der Waals surface area contributed by atoms with Crippen LogP contribution in [0.15, 0.2) is 18.2 Å². The molecule has 1 amide bonds. The van der Waals surface area contributed by atoms with E-state index in [2.05, 4.69) is 0 Å². The molecule has 0 bridgehead atoms. The summed E-state index contributed by atoms with van der Waals surface area (Å²) >= 11 is 0. The number of rotatable bonds is 4. The van der Waals surface area contributed by atoms with Crippen molar-refractivity contribution in [2.24, 2.45) is 0 Å². The van der Waals surface area contributed by atoms with Crippen LogP contribution in [0.2, 0.25) is 0 Å². The Labute approximate surface area is 123 Å². The zero-order chi connectivity index (χ0) is 15.4. The van der Waals surface area contributed by atoms with Crippen molar-refractivity contribution in [3.63, 3.8) is 0 Å². The lowest BCUT2D eigenvalue weighted by molar-refractivity contribution is -0.142. The lowest BCUT2D eigenvalue weighted by atomic mass is 10.1. The molecule has 5 nitrogen and oxygen atoms in total. The minimum atomic E-state index is -0.883. The summed E-state index contributed by atoms with van der Waals surface area (Å²) in [7, 11) is 0. The molecule has 21 heavy (non-hydrogen) atoms. The summed E-state index contributed by atoms with van der Waals surface area (Å²) < 4.78 is 24.4. The van der Waals surface area contributed by atoms with E-state index in [-0.39, 0.29) is 17.2 Å². The fourth-order valence-electron chi connectivity index (χ4n) is 2.22. The molecule has 1 aliphatic heterocycles. The molecule has 6 heteroatoms. The Balaban J connectivity index is 2.00. The van der Waals surface area contributed by atoms with E-state index in [0.717, 1.165) is 0 Å². The highest BCUT2D eigenvalue weighted by Gasteiger charge is 2.24. The molecule has 116 valence electrons. The number of carbonyl (C=O) groups is 1. The molecular formula is C15H20FNO4. The molecule has 0 saturated carbocycles. The highest BCUT2D eigenvalue weighted by molar-refractivity contribution is 5.81. The van der Waals surface area contributed by atoms with E-state index in [1.165, 1.54) is 19.1 Å². The first-order valence-corrected chi connectivity index (χ1v) is 6.99. The maximum atomic E-state index is 13.8. The van der Waals surface area contributed by atoms with E-state index in [1.807, 2.05) is 0 Å². The van der Waals surface area contributed by atoms with E-state index >= 15 is 0 Å². The largest absolute Gasteiger partial charge is 0.481 e. The van der Waals surface area contributed by atoms with Gasteiger partial charge < -0.3 is 19.5 Å². The van der Waals surface area contributed by atoms with Crippen LogP contribution >= 0.6 is 0 Å². The summed E-state index contributed by atoms with van der Waals surface area (Å²) in [6.45, 7) is 5.26. The van der Waals surface area contributed by atoms with Gasteiger partial charge in [0.15, 0.2) is 6.10 Å². The minimum absolute atomic E-state index is 0.140. The number of nitrogens with zero attached hydrogens (tertiary/aromatic N) is 1. The minimum Gasteiger partial charge on any atom is -0.481 e. The van der Waals surface area contributed by atoms with Gasteiger partial charge in [0.2, 0.25) is 0 Å². The van der Waals surface area contributed by atoms with Crippen LogP contribution < -0.4 is 4.74 Å². The van der Waals surface area contributed by atoms with Crippen molar-refractivity contribution in [2.45, 2.75) is 26.1 Å². The van der Waals surface area contributed by atoms with Gasteiger partial charge in [-0.1, -0.05) is 0 Å². The molecule has 2 unspecified atom stereocenters. The topological polar surface area (TPSA) is 59.0 Å². The smallest absolute Gasteiger partial charge is 0.263 e. The quantitative estimate of drug-likeness (QED) is 0.915. The number of aliphatic hydroxyl groups excluding tert-OH is 1. The number of aliphatic hydroxyl groups is 1. The van der Waals surface area contributed by atoms with E-state index in [4.69, 9.17) is 9.47 Å². The molecule has 1 N–H and O–H groups in total. The standard InChI is InChI=1S/C15H20FNO4/c1-10(18)13-4-3-12(9-14(13)16)21-11(2)15(19)17-5-7-20-8-6-17/h3-4,9-11,18H,5-8H2,1-2H3. The molecule has 0 spiro atoms. The monoisotopic (exact) mass is 297 g/mol. The van der Waals surface area contributed by atoms with Crippen molar-refractivity contribution in [2.75, 3.05) is 26.3 Å². The Morgan fingerprint density at radius 2 is 2.05 bits per heavy atom. The van der Waals surface area contributed by atoms with Gasteiger partial charge in [-0.2, -0.15) is 0 Å². The van der Waals surface area contributed by atoms with Gasteiger partial charge in [-0.25, -0.2) is 4.39 Å². The molecule has 2 atom stereocenters. The van der Waals surface area contributed by atoms with Crippen LogP contribution in [0.4, 0.5) is 4.39 Å². The second-order valence-electron chi connectivity index (χ2n) is 5.06. The van der Waals surface area contributed by atoms with E-state index in [9.17, 15) is 14.3 Å². The summed E-state index contributed by atoms with van der Waals surface area (Å²) in [5.41, 5.74) is 0.203. The molecule has 1 heterocycles. The van der Waals surface area contributed by atoms with Crippen LogP contribution in [0.25, 0.3) is 0 Å². The first-order valence-electron chi connectivity index (χ1n) is 6.99. The molecular weight excluding hydrogens is 277 g/mol. The summed E-state index contributed by atoms with van der Waals surface area (Å²) in [4.78, 5) is 13.8. The predicted molar refractivity (Wildman–Crippen MR) is 74.5 cm³/mol. The van der Waals surface area contributed by atoms with Crippen LogP contribution in [0, 0.1) is 5.82 Å². The van der Waals surface area contributed by atoms with Crippen molar-refractivity contribution in [3.8, 4) is 5.75 Å². The zero-order valence-corrected chi connectivity index (χ0v) is 12.2. The fraction of sp³-hybridized carbons (Fsp3) is 0.533. The van der Waals surface area contributed by atoms with Crippen molar-refractivity contribution in [3.05, 3.63) is 29.6 Å². The number of hydrogen-bond acceptors (Lipinski definition) is 4. The maximum Gasteiger partial charge on any atom is 0.263 e. The van der Waals surface area contributed by atoms with Crippen molar-refractivity contribution in [1.82, 2.24) is 4.90 Å². The number of carbonyl (C=O) groups excluding carboxylic acids is 1. The lowest BCUT2D eigenvalue weighted by Crippen LogP contribution is -2.46. The van der Waals surface area contributed by atoms with Crippen LogP contribution in [-0.4, -0.2) is 48.3 Å². The third-order valence-corrected chi connectivity index (χ3v) is 3.41. The molecule has 1 aliphatic rings. The maximum absolute atomic E-state index is 13.8. The van der Waals surface area contributed by atoms with E-state index < -0.39 is 18.0 Å². The van der Waals surface area contributed by atoms with Gasteiger partial charge in [-0.15, -0.1) is 0 Å². The molecule has 0 radical (unpaired) electrons. The number of hydrogen-bond donors (Lipinski definition) is 1. The molecule has 0 aliphatic carbocycles. The van der Waals surface area contributed by atoms with Crippen molar-refractivity contribution in [1.29, 1.82) is 0 Å². The fourth-order valence-corrected chi connectivity index (χ4v) is 2.22. The van der Waals surface area contributed by atoms with Crippen LogP contribution in [0.1, 0.15) is 25.5 Å². The zero-order valence-electron chi connectivity index (χ0n) is 12.2. The highest BCUT2D eigenvalue weighted by Crippen LogP contribution is 2.22. The summed E-state index contributed by atoms with van der Waals surface area (Å²) in [5.74, 6) is -0.419. The summed E-state index contributed by atoms with van der Waals surface area (Å²) in [5, 5.41) is 9.38. The first-order chi connectivity index (χ1) is 9.99. The lowest BCUT2D eigenvalue weighted by Gasteiger charge is -2.29. The van der Waals surface area contributed by atoms with Gasteiger partial charge in [0.05, 0.1) is 19.3 Å². The third-order valence-electron chi connectivity index (χ3n) is 3.41. The molecule has 1 aromatic carbocycles. The van der Waals surface area contributed by atoms with Gasteiger partial charge in [0, 0.05) is 24.7 Å². The molecule has 1 fully saturated rings. The van der Waals surface area contributed by atoms with Crippen LogP contribution in [0.3, 0.4) is 0 Å². The number of amides is 1. The summed E-state index contributed by atoms with van der Waals surface area (Å²) in [6, 6.07) is 4.20. The molecule has 2 rings (SSSR count). The van der Waals surface area contributed by atoms with Gasteiger partial charge >= 0.3 is 0 Å². The average molecular weight is 297 g/mol. The average Bonchev–Trinajstić information content (AvgIpc) is 2.47. The second-order valence-corrected chi connectivity index (χ2v) is 5.06. The molecule has 1 aromatic rings. The molecule has 1 saturated heterocycles. The van der Waals surface area contributed by atoms with Gasteiger partial charge in [0.25, 0.3) is 5.91 Å². The van der Waals surface area contributed by atoms with E-state index in [1.54, 1.807) is 17.9 Å². The van der Waals surface area contributed by atoms with Gasteiger partial charge in [-0.05, 0) is 26.0 Å². The third kappa shape index (κ3) is 3.92. The normalized spacial score (nSPS) is 18.2. The van der Waals surface area contributed by atoms with Crippen LogP contribution in [0.5, 0.6) is 5.75 Å². The number of ether oxygens (including phenoxy) is 2. The summed E-state index contributed by atoms with van der Waals surface area (Å²) in [6.07, 6.45) is -1.58.